The quantitative estimate of drug-likeness (QED) is 0.470. The van der Waals surface area contributed by atoms with Crippen molar-refractivity contribution in [2.24, 2.45) is 5.92 Å². The van der Waals surface area contributed by atoms with Crippen molar-refractivity contribution in [3.63, 3.8) is 0 Å². The predicted octanol–water partition coefficient (Wildman–Crippen LogP) is 2.80. The van der Waals surface area contributed by atoms with Gasteiger partial charge in [-0.15, -0.1) is 11.6 Å². The molecule has 0 unspecified atom stereocenters. The molecule has 0 aromatic rings. The third kappa shape index (κ3) is 8.15. The number of hydrogen-bond donors (Lipinski definition) is 1. The Morgan fingerprint density at radius 3 is 2.36 bits per heavy atom. The summed E-state index contributed by atoms with van der Waals surface area (Å²) in [7, 11) is 0. The molecule has 11 heavy (non-hydrogen) atoms. The van der Waals surface area contributed by atoms with Gasteiger partial charge >= 0.3 is 0 Å². The molecule has 0 aliphatic rings. The Kier molecular flexibility index (Phi) is 8.54. The lowest BCUT2D eigenvalue weighted by molar-refractivity contribution is 0.282. The van der Waals surface area contributed by atoms with E-state index in [0.717, 1.165) is 18.7 Å². The van der Waals surface area contributed by atoms with E-state index in [2.05, 4.69) is 6.92 Å². The number of hydrogen-bond acceptors (Lipinski definition) is 1. The number of alkyl halides is 1. The van der Waals surface area contributed by atoms with Crippen LogP contribution in [-0.4, -0.2) is 17.6 Å². The highest BCUT2D eigenvalue weighted by Gasteiger charge is 1.98. The maximum atomic E-state index is 8.50. The first-order chi connectivity index (χ1) is 5.31. The molecule has 0 spiro atoms. The number of rotatable bonds is 7. The minimum absolute atomic E-state index is 0.338. The van der Waals surface area contributed by atoms with Crippen molar-refractivity contribution >= 4 is 11.6 Å². The summed E-state index contributed by atoms with van der Waals surface area (Å²) < 4.78 is 0. The molecule has 2 heteroatoms. The Hall–Kier alpha value is 0.250. The van der Waals surface area contributed by atoms with Gasteiger partial charge < -0.3 is 5.11 Å². The molecular formula is C9H19ClO. The first-order valence-corrected chi connectivity index (χ1v) is 5.01. The molecule has 0 bridgehead atoms. The molecule has 1 N–H and O–H groups in total. The first kappa shape index (κ1) is 11.2. The van der Waals surface area contributed by atoms with Crippen molar-refractivity contribution in [2.45, 2.75) is 39.0 Å². The van der Waals surface area contributed by atoms with Crippen LogP contribution in [-0.2, 0) is 0 Å². The van der Waals surface area contributed by atoms with E-state index in [4.69, 9.17) is 16.7 Å². The molecule has 0 aliphatic heterocycles. The van der Waals surface area contributed by atoms with Crippen LogP contribution in [0.4, 0.5) is 0 Å². The molecular weight excluding hydrogens is 160 g/mol. The number of aliphatic hydroxyl groups is 1. The Bertz CT molecular complexity index is 76.0. The largest absolute Gasteiger partial charge is 0.396 e. The van der Waals surface area contributed by atoms with E-state index in [-0.39, 0.29) is 0 Å². The van der Waals surface area contributed by atoms with Gasteiger partial charge in [-0.3, -0.25) is 0 Å². The fraction of sp³-hybridized carbons (Fsp3) is 1.00. The highest BCUT2D eigenvalue weighted by molar-refractivity contribution is 6.18. The van der Waals surface area contributed by atoms with Gasteiger partial charge in [0.15, 0.2) is 0 Å². The van der Waals surface area contributed by atoms with Crippen LogP contribution in [0.1, 0.15) is 39.0 Å². The lowest BCUT2D eigenvalue weighted by Gasteiger charge is -2.05. The molecule has 0 radical (unpaired) electrons. The van der Waals surface area contributed by atoms with E-state index < -0.39 is 0 Å². The topological polar surface area (TPSA) is 20.2 Å². The molecule has 0 aliphatic carbocycles. The molecule has 0 amide bonds. The standard InChI is InChI=1S/C9H19ClO/c1-9(8-10)6-4-2-3-5-7-11/h9,11H,2-8H2,1H3/t9-/m1/s1. The van der Waals surface area contributed by atoms with Crippen LogP contribution in [0.2, 0.25) is 0 Å². The molecule has 1 atom stereocenters. The Morgan fingerprint density at radius 2 is 1.82 bits per heavy atom. The van der Waals surface area contributed by atoms with Gasteiger partial charge in [-0.2, -0.15) is 0 Å². The zero-order valence-corrected chi connectivity index (χ0v) is 8.11. The summed E-state index contributed by atoms with van der Waals surface area (Å²) in [6.45, 7) is 2.52. The third-order valence-electron chi connectivity index (χ3n) is 1.87. The summed E-state index contributed by atoms with van der Waals surface area (Å²) in [5.74, 6) is 1.44. The van der Waals surface area contributed by atoms with Gasteiger partial charge in [-0.1, -0.05) is 26.2 Å². The zero-order chi connectivity index (χ0) is 8.53. The lowest BCUT2D eigenvalue weighted by atomic mass is 10.0. The van der Waals surface area contributed by atoms with Crippen LogP contribution in [0.25, 0.3) is 0 Å². The van der Waals surface area contributed by atoms with E-state index >= 15 is 0 Å². The predicted molar refractivity (Wildman–Crippen MR) is 50.1 cm³/mol. The normalized spacial score (nSPS) is 13.4. The van der Waals surface area contributed by atoms with Crippen LogP contribution >= 0.6 is 11.6 Å². The molecule has 0 aromatic heterocycles. The maximum Gasteiger partial charge on any atom is 0.0431 e. The summed E-state index contributed by atoms with van der Waals surface area (Å²) in [4.78, 5) is 0. The summed E-state index contributed by atoms with van der Waals surface area (Å²) in [6, 6.07) is 0. The van der Waals surface area contributed by atoms with Gasteiger partial charge in [0, 0.05) is 12.5 Å². The minimum Gasteiger partial charge on any atom is -0.396 e. The Labute approximate surface area is 74.8 Å². The molecule has 68 valence electrons. The smallest absolute Gasteiger partial charge is 0.0431 e. The average molecular weight is 179 g/mol. The van der Waals surface area contributed by atoms with Crippen LogP contribution in [0.5, 0.6) is 0 Å². The third-order valence-corrected chi connectivity index (χ3v) is 2.40. The monoisotopic (exact) mass is 178 g/mol. The maximum absolute atomic E-state index is 8.50. The van der Waals surface area contributed by atoms with Crippen molar-refractivity contribution < 1.29 is 5.11 Å². The fourth-order valence-electron chi connectivity index (χ4n) is 1.04. The van der Waals surface area contributed by atoms with E-state index in [1.54, 1.807) is 0 Å². The van der Waals surface area contributed by atoms with Crippen molar-refractivity contribution in [2.75, 3.05) is 12.5 Å². The second kappa shape index (κ2) is 8.35. The van der Waals surface area contributed by atoms with Crippen LogP contribution in [0.15, 0.2) is 0 Å². The molecule has 0 saturated heterocycles. The van der Waals surface area contributed by atoms with Crippen LogP contribution in [0.3, 0.4) is 0 Å². The highest BCUT2D eigenvalue weighted by atomic mass is 35.5. The Morgan fingerprint density at radius 1 is 1.18 bits per heavy atom. The SMILES string of the molecule is C[C@@H](CCl)CCCCCCO. The van der Waals surface area contributed by atoms with Gasteiger partial charge in [0.25, 0.3) is 0 Å². The molecule has 0 heterocycles. The van der Waals surface area contributed by atoms with Gasteiger partial charge in [-0.05, 0) is 18.8 Å². The molecule has 1 nitrogen and oxygen atoms in total. The van der Waals surface area contributed by atoms with Crippen molar-refractivity contribution in [1.82, 2.24) is 0 Å². The fourth-order valence-corrected chi connectivity index (χ4v) is 1.19. The van der Waals surface area contributed by atoms with Gasteiger partial charge in [0.2, 0.25) is 0 Å². The minimum atomic E-state index is 0.338. The summed E-state index contributed by atoms with van der Waals surface area (Å²) in [5, 5.41) is 8.50. The first-order valence-electron chi connectivity index (χ1n) is 4.48. The van der Waals surface area contributed by atoms with Crippen LogP contribution < -0.4 is 0 Å². The Balaban J connectivity index is 2.89. The summed E-state index contributed by atoms with van der Waals surface area (Å²) >= 11 is 5.65. The second-order valence-electron chi connectivity index (χ2n) is 3.19. The van der Waals surface area contributed by atoms with Crippen molar-refractivity contribution in [3.05, 3.63) is 0 Å². The van der Waals surface area contributed by atoms with Crippen molar-refractivity contribution in [1.29, 1.82) is 0 Å². The highest BCUT2D eigenvalue weighted by Crippen LogP contribution is 2.11. The van der Waals surface area contributed by atoms with E-state index in [1.807, 2.05) is 0 Å². The summed E-state index contributed by atoms with van der Waals surface area (Å²) in [6.07, 6.45) is 5.84. The average Bonchev–Trinajstić information content (AvgIpc) is 2.04. The number of halogens is 1. The lowest BCUT2D eigenvalue weighted by Crippen LogP contribution is -1.95. The van der Waals surface area contributed by atoms with Gasteiger partial charge in [0.1, 0.15) is 0 Å². The zero-order valence-electron chi connectivity index (χ0n) is 7.35. The van der Waals surface area contributed by atoms with E-state index in [0.29, 0.717) is 12.5 Å². The molecule has 0 aromatic carbocycles. The van der Waals surface area contributed by atoms with E-state index in [1.165, 1.54) is 19.3 Å². The second-order valence-corrected chi connectivity index (χ2v) is 3.49. The van der Waals surface area contributed by atoms with Gasteiger partial charge in [-0.25, -0.2) is 0 Å². The van der Waals surface area contributed by atoms with Crippen molar-refractivity contribution in [3.8, 4) is 0 Å². The number of aliphatic hydroxyl groups excluding tert-OH is 1. The molecule has 0 rings (SSSR count). The molecule has 0 fully saturated rings. The van der Waals surface area contributed by atoms with Crippen LogP contribution in [0, 0.1) is 5.92 Å². The van der Waals surface area contributed by atoms with Gasteiger partial charge in [0.05, 0.1) is 0 Å². The molecule has 0 saturated carbocycles. The summed E-state index contributed by atoms with van der Waals surface area (Å²) in [5.41, 5.74) is 0. The van der Waals surface area contributed by atoms with E-state index in [9.17, 15) is 0 Å². The number of unbranched alkanes of at least 4 members (excludes halogenated alkanes) is 3.